The van der Waals surface area contributed by atoms with E-state index in [2.05, 4.69) is 16.5 Å². The number of para-hydroxylation sites is 1. The van der Waals surface area contributed by atoms with E-state index in [9.17, 15) is 4.79 Å². The highest BCUT2D eigenvalue weighted by molar-refractivity contribution is 7.13. The number of benzene rings is 2. The average Bonchev–Trinajstić information content (AvgIpc) is 3.38. The number of nitrogens with zero attached hydrogens (tertiary/aromatic N) is 3. The minimum Gasteiger partial charge on any atom is -0.322 e. The van der Waals surface area contributed by atoms with Gasteiger partial charge in [-0.3, -0.25) is 4.79 Å². The first-order chi connectivity index (χ1) is 13.2. The van der Waals surface area contributed by atoms with E-state index in [0.717, 1.165) is 10.6 Å². The molecule has 4 aromatic rings. The Kier molecular flexibility index (Phi) is 4.52. The fraction of sp³-hybridized carbons (Fsp3) is 0. The number of carbonyl (C=O) groups is 1. The third-order valence-corrected chi connectivity index (χ3v) is 4.86. The standard InChI is InChI=1S/C21H14N4OS/c22-13-15-6-4-7-16(12-15)23-21(26)18-14-25(17-8-2-1-3-9-17)24-20(18)19-10-5-11-27-19/h1-12,14H,(H,23,26). The zero-order chi connectivity index (χ0) is 18.6. The predicted molar refractivity (Wildman–Crippen MR) is 106 cm³/mol. The second-order valence-electron chi connectivity index (χ2n) is 5.80. The van der Waals surface area contributed by atoms with E-state index in [1.54, 1.807) is 35.1 Å². The lowest BCUT2D eigenvalue weighted by Gasteiger charge is -2.05. The summed E-state index contributed by atoms with van der Waals surface area (Å²) in [5, 5.41) is 18.5. The Morgan fingerprint density at radius 3 is 2.67 bits per heavy atom. The molecule has 0 aliphatic rings. The van der Waals surface area contributed by atoms with E-state index in [0.29, 0.717) is 22.5 Å². The molecule has 0 atom stereocenters. The zero-order valence-corrected chi connectivity index (χ0v) is 15.0. The smallest absolute Gasteiger partial charge is 0.259 e. The van der Waals surface area contributed by atoms with E-state index in [1.165, 1.54) is 11.3 Å². The third kappa shape index (κ3) is 3.50. The van der Waals surface area contributed by atoms with Crippen molar-refractivity contribution in [2.24, 2.45) is 0 Å². The van der Waals surface area contributed by atoms with Crippen LogP contribution in [0.15, 0.2) is 78.3 Å². The maximum atomic E-state index is 12.9. The topological polar surface area (TPSA) is 70.7 Å². The van der Waals surface area contributed by atoms with Gasteiger partial charge in [0.25, 0.3) is 5.91 Å². The molecule has 2 aromatic heterocycles. The predicted octanol–water partition coefficient (Wildman–Crippen LogP) is 4.72. The van der Waals surface area contributed by atoms with Crippen LogP contribution in [0.3, 0.4) is 0 Å². The number of anilines is 1. The van der Waals surface area contributed by atoms with Gasteiger partial charge in [0, 0.05) is 11.9 Å². The number of rotatable bonds is 4. The molecule has 4 rings (SSSR count). The van der Waals surface area contributed by atoms with Crippen molar-refractivity contribution in [1.29, 1.82) is 5.26 Å². The number of hydrogen-bond acceptors (Lipinski definition) is 4. The molecule has 5 nitrogen and oxygen atoms in total. The van der Waals surface area contributed by atoms with Crippen molar-refractivity contribution in [3.8, 4) is 22.3 Å². The van der Waals surface area contributed by atoms with Gasteiger partial charge in [-0.25, -0.2) is 4.68 Å². The number of nitriles is 1. The molecule has 1 amide bonds. The van der Waals surface area contributed by atoms with Gasteiger partial charge in [-0.2, -0.15) is 10.4 Å². The monoisotopic (exact) mass is 370 g/mol. The van der Waals surface area contributed by atoms with E-state index >= 15 is 0 Å². The van der Waals surface area contributed by atoms with Crippen molar-refractivity contribution in [2.75, 3.05) is 5.32 Å². The number of thiophene rings is 1. The number of carbonyl (C=O) groups excluding carboxylic acids is 1. The lowest BCUT2D eigenvalue weighted by molar-refractivity contribution is 0.102. The van der Waals surface area contributed by atoms with Crippen molar-refractivity contribution in [3.05, 3.63) is 89.4 Å². The molecule has 0 bridgehead atoms. The lowest BCUT2D eigenvalue weighted by Crippen LogP contribution is -2.12. The number of aromatic nitrogens is 2. The molecular formula is C21H14N4OS. The van der Waals surface area contributed by atoms with E-state index in [1.807, 2.05) is 47.8 Å². The summed E-state index contributed by atoms with van der Waals surface area (Å²) in [6.07, 6.45) is 1.73. The highest BCUT2D eigenvalue weighted by Crippen LogP contribution is 2.28. The molecule has 0 saturated carbocycles. The molecule has 0 aliphatic carbocycles. The van der Waals surface area contributed by atoms with Gasteiger partial charge >= 0.3 is 0 Å². The number of hydrogen-bond donors (Lipinski definition) is 1. The molecule has 0 spiro atoms. The van der Waals surface area contributed by atoms with Crippen LogP contribution in [0.4, 0.5) is 5.69 Å². The highest BCUT2D eigenvalue weighted by Gasteiger charge is 2.19. The summed E-state index contributed by atoms with van der Waals surface area (Å²) in [6, 6.07) is 22.4. The van der Waals surface area contributed by atoms with Gasteiger partial charge in [-0.15, -0.1) is 11.3 Å². The molecule has 0 radical (unpaired) electrons. The summed E-state index contributed by atoms with van der Waals surface area (Å²) in [4.78, 5) is 13.8. The summed E-state index contributed by atoms with van der Waals surface area (Å²) in [5.41, 5.74) is 3.04. The summed E-state index contributed by atoms with van der Waals surface area (Å²) in [7, 11) is 0. The molecule has 1 N–H and O–H groups in total. The SMILES string of the molecule is N#Cc1cccc(NC(=O)c2cn(-c3ccccc3)nc2-c2cccs2)c1. The molecule has 0 saturated heterocycles. The summed E-state index contributed by atoms with van der Waals surface area (Å²) >= 11 is 1.53. The van der Waals surface area contributed by atoms with E-state index < -0.39 is 0 Å². The van der Waals surface area contributed by atoms with Gasteiger partial charge in [0.1, 0.15) is 5.69 Å². The fourth-order valence-corrected chi connectivity index (χ4v) is 3.44. The molecule has 130 valence electrons. The van der Waals surface area contributed by atoms with Gasteiger partial charge in [0.05, 0.1) is 27.8 Å². The van der Waals surface area contributed by atoms with Gasteiger partial charge in [-0.05, 0) is 41.8 Å². The Balaban J connectivity index is 1.73. The van der Waals surface area contributed by atoms with Crippen LogP contribution in [-0.2, 0) is 0 Å². The molecule has 0 fully saturated rings. The molecule has 0 aliphatic heterocycles. The Labute approximate surface area is 160 Å². The second kappa shape index (κ2) is 7.28. The maximum Gasteiger partial charge on any atom is 0.259 e. The minimum absolute atomic E-state index is 0.268. The largest absolute Gasteiger partial charge is 0.322 e. The molecule has 2 heterocycles. The van der Waals surface area contributed by atoms with Crippen molar-refractivity contribution >= 4 is 22.9 Å². The summed E-state index contributed by atoms with van der Waals surface area (Å²) in [6.45, 7) is 0. The quantitative estimate of drug-likeness (QED) is 0.565. The number of nitrogens with one attached hydrogen (secondary N) is 1. The van der Waals surface area contributed by atoms with Crippen LogP contribution < -0.4 is 5.32 Å². The van der Waals surface area contributed by atoms with Crippen LogP contribution in [0.5, 0.6) is 0 Å². The maximum absolute atomic E-state index is 12.9. The van der Waals surface area contributed by atoms with Gasteiger partial charge in [0.2, 0.25) is 0 Å². The van der Waals surface area contributed by atoms with Crippen molar-refractivity contribution in [2.45, 2.75) is 0 Å². The van der Waals surface area contributed by atoms with Crippen molar-refractivity contribution < 1.29 is 4.79 Å². The van der Waals surface area contributed by atoms with E-state index in [-0.39, 0.29) is 5.91 Å². The second-order valence-corrected chi connectivity index (χ2v) is 6.74. The highest BCUT2D eigenvalue weighted by atomic mass is 32.1. The zero-order valence-electron chi connectivity index (χ0n) is 14.2. The number of amides is 1. The van der Waals surface area contributed by atoms with Gasteiger partial charge in [0.15, 0.2) is 0 Å². The van der Waals surface area contributed by atoms with Crippen molar-refractivity contribution in [1.82, 2.24) is 9.78 Å². The van der Waals surface area contributed by atoms with Gasteiger partial charge < -0.3 is 5.32 Å². The van der Waals surface area contributed by atoms with Crippen LogP contribution in [0, 0.1) is 11.3 Å². The first-order valence-corrected chi connectivity index (χ1v) is 9.13. The average molecular weight is 370 g/mol. The normalized spacial score (nSPS) is 10.3. The minimum atomic E-state index is -0.268. The van der Waals surface area contributed by atoms with Crippen LogP contribution in [-0.4, -0.2) is 15.7 Å². The first-order valence-electron chi connectivity index (χ1n) is 8.25. The fourth-order valence-electron chi connectivity index (χ4n) is 2.71. The van der Waals surface area contributed by atoms with Gasteiger partial charge in [-0.1, -0.05) is 30.3 Å². The molecule has 6 heteroatoms. The Morgan fingerprint density at radius 2 is 1.93 bits per heavy atom. The van der Waals surface area contributed by atoms with Crippen LogP contribution in [0.2, 0.25) is 0 Å². The van der Waals surface area contributed by atoms with Crippen LogP contribution in [0.1, 0.15) is 15.9 Å². The first kappa shape index (κ1) is 16.8. The molecule has 27 heavy (non-hydrogen) atoms. The van der Waals surface area contributed by atoms with Crippen molar-refractivity contribution in [3.63, 3.8) is 0 Å². The molecule has 0 unspecified atom stereocenters. The molecular weight excluding hydrogens is 356 g/mol. The van der Waals surface area contributed by atoms with Crippen LogP contribution >= 0.6 is 11.3 Å². The van der Waals surface area contributed by atoms with E-state index in [4.69, 9.17) is 5.26 Å². The Morgan fingerprint density at radius 1 is 1.07 bits per heavy atom. The third-order valence-electron chi connectivity index (χ3n) is 3.98. The van der Waals surface area contributed by atoms with Crippen LogP contribution in [0.25, 0.3) is 16.3 Å². The Hall–Kier alpha value is -3.69. The molecule has 2 aromatic carbocycles. The Bertz CT molecular complexity index is 1120. The summed E-state index contributed by atoms with van der Waals surface area (Å²) < 4.78 is 1.70. The summed E-state index contributed by atoms with van der Waals surface area (Å²) in [5.74, 6) is -0.268. The lowest BCUT2D eigenvalue weighted by atomic mass is 10.2.